The SMILES string of the molecule is Cc1nc2c([nH]1)C[C@H](C(=O)N1CCN(CCO)CC1)CC2. The van der Waals surface area contributed by atoms with Crippen LogP contribution in [0, 0.1) is 12.8 Å². The Bertz CT molecular complexity index is 506. The Morgan fingerprint density at radius 1 is 1.38 bits per heavy atom. The van der Waals surface area contributed by atoms with Gasteiger partial charge in [0.15, 0.2) is 0 Å². The van der Waals surface area contributed by atoms with Crippen molar-refractivity contribution in [1.82, 2.24) is 19.8 Å². The quantitative estimate of drug-likeness (QED) is 0.820. The van der Waals surface area contributed by atoms with Crippen molar-refractivity contribution >= 4 is 5.91 Å². The Hall–Kier alpha value is -1.40. The second kappa shape index (κ2) is 6.15. The first-order valence-corrected chi connectivity index (χ1v) is 7.83. The maximum absolute atomic E-state index is 12.7. The zero-order chi connectivity index (χ0) is 14.8. The summed E-state index contributed by atoms with van der Waals surface area (Å²) >= 11 is 0. The zero-order valence-corrected chi connectivity index (χ0v) is 12.6. The normalized spacial score (nSPS) is 23.1. The summed E-state index contributed by atoms with van der Waals surface area (Å²) in [5.74, 6) is 1.34. The largest absolute Gasteiger partial charge is 0.395 e. The summed E-state index contributed by atoms with van der Waals surface area (Å²) in [5, 5.41) is 8.96. The number of aliphatic hydroxyl groups is 1. The number of rotatable bonds is 3. The van der Waals surface area contributed by atoms with E-state index < -0.39 is 0 Å². The number of fused-ring (bicyclic) bond motifs is 1. The number of aliphatic hydroxyl groups excluding tert-OH is 1. The van der Waals surface area contributed by atoms with Gasteiger partial charge >= 0.3 is 0 Å². The van der Waals surface area contributed by atoms with Crippen LogP contribution in [0.1, 0.15) is 23.6 Å². The molecule has 0 aromatic carbocycles. The van der Waals surface area contributed by atoms with Gasteiger partial charge in [-0.1, -0.05) is 0 Å². The predicted octanol–water partition coefficient (Wildman–Crippen LogP) is -0.0405. The lowest BCUT2D eigenvalue weighted by Crippen LogP contribution is -2.51. The predicted molar refractivity (Wildman–Crippen MR) is 78.9 cm³/mol. The molecule has 6 nitrogen and oxygen atoms in total. The summed E-state index contributed by atoms with van der Waals surface area (Å²) in [7, 11) is 0. The molecule has 6 heteroatoms. The van der Waals surface area contributed by atoms with E-state index in [0.717, 1.165) is 62.7 Å². The van der Waals surface area contributed by atoms with Crippen molar-refractivity contribution in [3.05, 3.63) is 17.2 Å². The van der Waals surface area contributed by atoms with Gasteiger partial charge in [0.05, 0.1) is 12.3 Å². The first-order chi connectivity index (χ1) is 10.2. The standard InChI is InChI=1S/C15H24N4O2/c1-11-16-13-3-2-12(10-14(13)17-11)15(21)19-6-4-18(5-7-19)8-9-20/h12,20H,2-10H2,1H3,(H,16,17)/t12-/m1/s1. The molecule has 1 aromatic heterocycles. The lowest BCUT2D eigenvalue weighted by Gasteiger charge is -2.36. The third kappa shape index (κ3) is 3.11. The third-order valence-electron chi connectivity index (χ3n) is 4.61. The van der Waals surface area contributed by atoms with Gasteiger partial charge in [0.2, 0.25) is 5.91 Å². The summed E-state index contributed by atoms with van der Waals surface area (Å²) in [6.45, 7) is 6.17. The minimum atomic E-state index is 0.0988. The van der Waals surface area contributed by atoms with E-state index in [1.807, 2.05) is 11.8 Å². The molecule has 1 atom stereocenters. The Morgan fingerprint density at radius 2 is 2.14 bits per heavy atom. The number of β-amino-alcohol motifs (C(OH)–C–C–N with tert-alkyl or cyclic N) is 1. The van der Waals surface area contributed by atoms with Crippen molar-refractivity contribution < 1.29 is 9.90 Å². The summed E-state index contributed by atoms with van der Waals surface area (Å²) in [6, 6.07) is 0. The van der Waals surface area contributed by atoms with Crippen LogP contribution in [-0.2, 0) is 17.6 Å². The molecular formula is C15H24N4O2. The number of hydrogen-bond acceptors (Lipinski definition) is 4. The maximum Gasteiger partial charge on any atom is 0.226 e. The fourth-order valence-electron chi connectivity index (χ4n) is 3.43. The van der Waals surface area contributed by atoms with Crippen LogP contribution >= 0.6 is 0 Å². The van der Waals surface area contributed by atoms with Crippen molar-refractivity contribution in [2.24, 2.45) is 5.92 Å². The summed E-state index contributed by atoms with van der Waals surface area (Å²) in [6.07, 6.45) is 2.61. The second-order valence-corrected chi connectivity index (χ2v) is 6.08. The second-order valence-electron chi connectivity index (χ2n) is 6.08. The molecule has 1 saturated heterocycles. The molecule has 1 aliphatic carbocycles. The van der Waals surface area contributed by atoms with Gasteiger partial charge in [-0.25, -0.2) is 4.98 Å². The van der Waals surface area contributed by atoms with Gasteiger partial charge < -0.3 is 15.0 Å². The molecule has 1 amide bonds. The molecule has 21 heavy (non-hydrogen) atoms. The van der Waals surface area contributed by atoms with Crippen LogP contribution in [0.2, 0.25) is 0 Å². The van der Waals surface area contributed by atoms with Gasteiger partial charge in [0.25, 0.3) is 0 Å². The number of aromatic nitrogens is 2. The molecule has 116 valence electrons. The molecule has 3 rings (SSSR count). The minimum absolute atomic E-state index is 0.0988. The number of aryl methyl sites for hydroxylation is 2. The first-order valence-electron chi connectivity index (χ1n) is 7.83. The smallest absolute Gasteiger partial charge is 0.226 e. The molecule has 0 radical (unpaired) electrons. The summed E-state index contributed by atoms with van der Waals surface area (Å²) < 4.78 is 0. The van der Waals surface area contributed by atoms with Gasteiger partial charge in [0.1, 0.15) is 5.82 Å². The van der Waals surface area contributed by atoms with E-state index in [2.05, 4.69) is 14.9 Å². The highest BCUT2D eigenvalue weighted by atomic mass is 16.3. The topological polar surface area (TPSA) is 72.5 Å². The Morgan fingerprint density at radius 3 is 2.86 bits per heavy atom. The molecular weight excluding hydrogens is 268 g/mol. The highest BCUT2D eigenvalue weighted by molar-refractivity contribution is 5.79. The van der Waals surface area contributed by atoms with Crippen LogP contribution in [-0.4, -0.2) is 70.1 Å². The Balaban J connectivity index is 1.57. The van der Waals surface area contributed by atoms with Crippen LogP contribution in [0.4, 0.5) is 0 Å². The molecule has 0 saturated carbocycles. The number of aromatic amines is 1. The third-order valence-corrected chi connectivity index (χ3v) is 4.61. The molecule has 0 spiro atoms. The van der Waals surface area contributed by atoms with E-state index in [1.54, 1.807) is 0 Å². The van der Waals surface area contributed by atoms with Gasteiger partial charge in [-0.2, -0.15) is 0 Å². The first kappa shape index (κ1) is 14.5. The van der Waals surface area contributed by atoms with E-state index in [-0.39, 0.29) is 18.4 Å². The number of carbonyl (C=O) groups is 1. The molecule has 2 N–H and O–H groups in total. The number of imidazole rings is 1. The highest BCUT2D eigenvalue weighted by Crippen LogP contribution is 2.25. The Labute approximate surface area is 125 Å². The van der Waals surface area contributed by atoms with Gasteiger partial charge in [-0.3, -0.25) is 9.69 Å². The van der Waals surface area contributed by atoms with Crippen molar-refractivity contribution in [1.29, 1.82) is 0 Å². The molecule has 1 fully saturated rings. The number of carbonyl (C=O) groups excluding carboxylic acids is 1. The number of nitrogens with zero attached hydrogens (tertiary/aromatic N) is 3. The average molecular weight is 292 g/mol. The fraction of sp³-hybridized carbons (Fsp3) is 0.733. The fourth-order valence-corrected chi connectivity index (χ4v) is 3.43. The molecule has 1 aromatic rings. The van der Waals surface area contributed by atoms with E-state index in [0.29, 0.717) is 6.54 Å². The molecule has 1 aliphatic heterocycles. The van der Waals surface area contributed by atoms with Crippen molar-refractivity contribution in [2.75, 3.05) is 39.3 Å². The average Bonchev–Trinajstić information content (AvgIpc) is 2.86. The number of amides is 1. The number of piperazine rings is 1. The van der Waals surface area contributed by atoms with Gasteiger partial charge in [0, 0.05) is 50.8 Å². The number of H-pyrrole nitrogens is 1. The van der Waals surface area contributed by atoms with Gasteiger partial charge in [-0.15, -0.1) is 0 Å². The number of hydrogen-bond donors (Lipinski definition) is 2. The van der Waals surface area contributed by atoms with Crippen molar-refractivity contribution in [3.63, 3.8) is 0 Å². The highest BCUT2D eigenvalue weighted by Gasteiger charge is 2.31. The van der Waals surface area contributed by atoms with E-state index in [9.17, 15) is 4.79 Å². The van der Waals surface area contributed by atoms with E-state index in [1.165, 1.54) is 0 Å². The molecule has 2 aliphatic rings. The lowest BCUT2D eigenvalue weighted by atomic mass is 9.88. The molecule has 0 bridgehead atoms. The Kier molecular flexibility index (Phi) is 4.26. The summed E-state index contributed by atoms with van der Waals surface area (Å²) in [4.78, 5) is 24.6. The minimum Gasteiger partial charge on any atom is -0.395 e. The van der Waals surface area contributed by atoms with Crippen molar-refractivity contribution in [3.8, 4) is 0 Å². The molecule has 0 unspecified atom stereocenters. The van der Waals surface area contributed by atoms with Crippen molar-refractivity contribution in [2.45, 2.75) is 26.2 Å². The maximum atomic E-state index is 12.7. The number of nitrogens with one attached hydrogen (secondary N) is 1. The summed E-state index contributed by atoms with van der Waals surface area (Å²) in [5.41, 5.74) is 2.29. The van der Waals surface area contributed by atoms with Crippen LogP contribution < -0.4 is 0 Å². The van der Waals surface area contributed by atoms with Crippen LogP contribution in [0.5, 0.6) is 0 Å². The van der Waals surface area contributed by atoms with E-state index in [4.69, 9.17) is 5.11 Å². The monoisotopic (exact) mass is 292 g/mol. The van der Waals surface area contributed by atoms with E-state index >= 15 is 0 Å². The van der Waals surface area contributed by atoms with Crippen LogP contribution in [0.3, 0.4) is 0 Å². The van der Waals surface area contributed by atoms with Gasteiger partial charge in [-0.05, 0) is 19.8 Å². The van der Waals surface area contributed by atoms with Crippen LogP contribution in [0.25, 0.3) is 0 Å². The van der Waals surface area contributed by atoms with Crippen LogP contribution in [0.15, 0.2) is 0 Å². The lowest BCUT2D eigenvalue weighted by molar-refractivity contribution is -0.137. The zero-order valence-electron chi connectivity index (χ0n) is 12.6. The molecule has 2 heterocycles.